The number of hydrogen-bond acceptors (Lipinski definition) is 4. The highest BCUT2D eigenvalue weighted by Gasteiger charge is 2.21. The summed E-state index contributed by atoms with van der Waals surface area (Å²) in [5, 5.41) is 14.8. The van der Waals surface area contributed by atoms with Gasteiger partial charge in [0.2, 0.25) is 5.91 Å². The van der Waals surface area contributed by atoms with E-state index in [1.807, 2.05) is 26.8 Å². The molecule has 0 unspecified atom stereocenters. The molecule has 0 bridgehead atoms. The molecule has 0 saturated carbocycles. The SMILES string of the molecule is CC(C)(C)C(=O)Nc1ccc(Nc2cccc(C#N)c2)nc1. The molecule has 0 radical (unpaired) electrons. The van der Waals surface area contributed by atoms with E-state index in [2.05, 4.69) is 21.7 Å². The van der Waals surface area contributed by atoms with Crippen LogP contribution in [0.15, 0.2) is 42.6 Å². The second-order valence-electron chi connectivity index (χ2n) is 5.95. The largest absolute Gasteiger partial charge is 0.340 e. The van der Waals surface area contributed by atoms with Crippen molar-refractivity contribution in [2.45, 2.75) is 20.8 Å². The van der Waals surface area contributed by atoms with Crippen LogP contribution >= 0.6 is 0 Å². The Morgan fingerprint density at radius 3 is 2.55 bits per heavy atom. The fourth-order valence-corrected chi connectivity index (χ4v) is 1.67. The second kappa shape index (κ2) is 6.27. The Labute approximate surface area is 130 Å². The van der Waals surface area contributed by atoms with Gasteiger partial charge in [0.15, 0.2) is 0 Å². The summed E-state index contributed by atoms with van der Waals surface area (Å²) in [4.78, 5) is 16.2. The molecule has 112 valence electrons. The first kappa shape index (κ1) is 15.5. The third-order valence-corrected chi connectivity index (χ3v) is 2.97. The Kier molecular flexibility index (Phi) is 4.42. The molecule has 2 aromatic rings. The molecule has 0 spiro atoms. The third-order valence-electron chi connectivity index (χ3n) is 2.97. The van der Waals surface area contributed by atoms with Crippen molar-refractivity contribution >= 4 is 23.1 Å². The number of carbonyl (C=O) groups is 1. The van der Waals surface area contributed by atoms with Crippen molar-refractivity contribution in [3.05, 3.63) is 48.2 Å². The third kappa shape index (κ3) is 4.06. The van der Waals surface area contributed by atoms with E-state index in [0.717, 1.165) is 5.69 Å². The van der Waals surface area contributed by atoms with Gasteiger partial charge in [-0.15, -0.1) is 0 Å². The van der Waals surface area contributed by atoms with Crippen LogP contribution in [0, 0.1) is 16.7 Å². The average Bonchev–Trinajstić information content (AvgIpc) is 2.48. The maximum atomic E-state index is 11.9. The number of carbonyl (C=O) groups excluding carboxylic acids is 1. The molecule has 5 nitrogen and oxygen atoms in total. The van der Waals surface area contributed by atoms with Crippen molar-refractivity contribution < 1.29 is 4.79 Å². The van der Waals surface area contributed by atoms with Crippen LogP contribution in [-0.2, 0) is 4.79 Å². The topological polar surface area (TPSA) is 77.8 Å². The predicted molar refractivity (Wildman–Crippen MR) is 86.8 cm³/mol. The van der Waals surface area contributed by atoms with Crippen molar-refractivity contribution in [2.75, 3.05) is 10.6 Å². The van der Waals surface area contributed by atoms with Crippen LogP contribution in [0.3, 0.4) is 0 Å². The monoisotopic (exact) mass is 294 g/mol. The van der Waals surface area contributed by atoms with Crippen molar-refractivity contribution in [3.63, 3.8) is 0 Å². The molecule has 1 amide bonds. The van der Waals surface area contributed by atoms with E-state index in [-0.39, 0.29) is 5.91 Å². The summed E-state index contributed by atoms with van der Waals surface area (Å²) in [6, 6.07) is 12.8. The summed E-state index contributed by atoms with van der Waals surface area (Å²) in [7, 11) is 0. The molecule has 22 heavy (non-hydrogen) atoms. The Morgan fingerprint density at radius 1 is 1.18 bits per heavy atom. The van der Waals surface area contributed by atoms with Crippen molar-refractivity contribution in [3.8, 4) is 6.07 Å². The summed E-state index contributed by atoms with van der Waals surface area (Å²) in [5.41, 5.74) is 1.57. The minimum absolute atomic E-state index is 0.0586. The van der Waals surface area contributed by atoms with Gasteiger partial charge in [-0.2, -0.15) is 5.26 Å². The van der Waals surface area contributed by atoms with E-state index in [9.17, 15) is 4.79 Å². The maximum absolute atomic E-state index is 11.9. The zero-order valence-electron chi connectivity index (χ0n) is 12.8. The fourth-order valence-electron chi connectivity index (χ4n) is 1.67. The quantitative estimate of drug-likeness (QED) is 0.905. The van der Waals surface area contributed by atoms with Gasteiger partial charge in [0.05, 0.1) is 23.5 Å². The number of hydrogen-bond donors (Lipinski definition) is 2. The minimum atomic E-state index is -0.450. The number of pyridine rings is 1. The molecule has 0 aliphatic rings. The number of amides is 1. The number of anilines is 3. The molecular weight excluding hydrogens is 276 g/mol. The lowest BCUT2D eigenvalue weighted by Gasteiger charge is -2.17. The van der Waals surface area contributed by atoms with Crippen molar-refractivity contribution in [2.24, 2.45) is 5.41 Å². The van der Waals surface area contributed by atoms with Crippen molar-refractivity contribution in [1.82, 2.24) is 4.98 Å². The molecule has 1 aromatic carbocycles. The number of nitrogens with zero attached hydrogens (tertiary/aromatic N) is 2. The Morgan fingerprint density at radius 2 is 1.95 bits per heavy atom. The Balaban J connectivity index is 2.06. The number of benzene rings is 1. The van der Waals surface area contributed by atoms with Gasteiger partial charge in [-0.1, -0.05) is 26.8 Å². The summed E-state index contributed by atoms with van der Waals surface area (Å²) in [5.74, 6) is 0.584. The lowest BCUT2D eigenvalue weighted by Crippen LogP contribution is -2.27. The van der Waals surface area contributed by atoms with Crippen LogP contribution < -0.4 is 10.6 Å². The summed E-state index contributed by atoms with van der Waals surface area (Å²) in [6.07, 6.45) is 1.60. The highest BCUT2D eigenvalue weighted by molar-refractivity contribution is 5.94. The smallest absolute Gasteiger partial charge is 0.229 e. The van der Waals surface area contributed by atoms with Crippen LogP contribution in [0.4, 0.5) is 17.2 Å². The van der Waals surface area contributed by atoms with E-state index in [4.69, 9.17) is 5.26 Å². The lowest BCUT2D eigenvalue weighted by molar-refractivity contribution is -0.123. The van der Waals surface area contributed by atoms with Gasteiger partial charge in [0.1, 0.15) is 5.82 Å². The average molecular weight is 294 g/mol. The molecule has 1 heterocycles. The fraction of sp³-hybridized carbons (Fsp3) is 0.235. The van der Waals surface area contributed by atoms with Crippen LogP contribution in [-0.4, -0.2) is 10.9 Å². The number of rotatable bonds is 3. The Hall–Kier alpha value is -2.87. The van der Waals surface area contributed by atoms with E-state index < -0.39 is 5.41 Å². The Bertz CT molecular complexity index is 709. The molecule has 0 saturated heterocycles. The molecule has 0 atom stereocenters. The van der Waals surface area contributed by atoms with Crippen LogP contribution in [0.1, 0.15) is 26.3 Å². The zero-order chi connectivity index (χ0) is 16.2. The van der Waals surface area contributed by atoms with Crippen LogP contribution in [0.25, 0.3) is 0 Å². The summed E-state index contributed by atoms with van der Waals surface area (Å²) in [6.45, 7) is 5.57. The standard InChI is InChI=1S/C17H18N4O/c1-17(2,3)16(22)21-14-7-8-15(19-11-14)20-13-6-4-5-12(9-13)10-18/h4-9,11H,1-3H3,(H,19,20)(H,21,22). The minimum Gasteiger partial charge on any atom is -0.340 e. The van der Waals surface area contributed by atoms with E-state index >= 15 is 0 Å². The van der Waals surface area contributed by atoms with E-state index in [1.165, 1.54) is 0 Å². The predicted octanol–water partition coefficient (Wildman–Crippen LogP) is 3.68. The number of aromatic nitrogens is 1. The normalized spacial score (nSPS) is 10.6. The van der Waals surface area contributed by atoms with Gasteiger partial charge in [0, 0.05) is 11.1 Å². The van der Waals surface area contributed by atoms with E-state index in [0.29, 0.717) is 17.1 Å². The van der Waals surface area contributed by atoms with Crippen molar-refractivity contribution in [1.29, 1.82) is 5.26 Å². The highest BCUT2D eigenvalue weighted by atomic mass is 16.2. The first-order valence-electron chi connectivity index (χ1n) is 6.93. The number of nitrogens with one attached hydrogen (secondary N) is 2. The molecular formula is C17H18N4O. The van der Waals surface area contributed by atoms with Crippen LogP contribution in [0.2, 0.25) is 0 Å². The zero-order valence-corrected chi connectivity index (χ0v) is 12.8. The molecule has 2 rings (SSSR count). The lowest BCUT2D eigenvalue weighted by atomic mass is 9.96. The van der Waals surface area contributed by atoms with Gasteiger partial charge in [-0.05, 0) is 30.3 Å². The molecule has 5 heteroatoms. The van der Waals surface area contributed by atoms with E-state index in [1.54, 1.807) is 36.5 Å². The van der Waals surface area contributed by atoms with Gasteiger partial charge in [0.25, 0.3) is 0 Å². The van der Waals surface area contributed by atoms with Gasteiger partial charge in [-0.25, -0.2) is 4.98 Å². The van der Waals surface area contributed by atoms with Gasteiger partial charge in [-0.3, -0.25) is 4.79 Å². The summed E-state index contributed by atoms with van der Waals surface area (Å²) < 4.78 is 0. The summed E-state index contributed by atoms with van der Waals surface area (Å²) >= 11 is 0. The molecule has 0 aliphatic carbocycles. The van der Waals surface area contributed by atoms with Gasteiger partial charge >= 0.3 is 0 Å². The maximum Gasteiger partial charge on any atom is 0.229 e. The molecule has 0 aliphatic heterocycles. The number of nitriles is 1. The first-order valence-corrected chi connectivity index (χ1v) is 6.93. The van der Waals surface area contributed by atoms with Gasteiger partial charge < -0.3 is 10.6 Å². The van der Waals surface area contributed by atoms with Crippen LogP contribution in [0.5, 0.6) is 0 Å². The highest BCUT2D eigenvalue weighted by Crippen LogP contribution is 2.19. The second-order valence-corrected chi connectivity index (χ2v) is 5.95. The molecule has 1 aromatic heterocycles. The molecule has 2 N–H and O–H groups in total. The molecule has 0 fully saturated rings. The first-order chi connectivity index (χ1) is 10.4.